The van der Waals surface area contributed by atoms with Gasteiger partial charge in [-0.25, -0.2) is 0 Å². The van der Waals surface area contributed by atoms with E-state index in [0.29, 0.717) is 12.8 Å². The molecule has 1 aliphatic carbocycles. The van der Waals surface area contributed by atoms with E-state index in [1.807, 2.05) is 0 Å². The van der Waals surface area contributed by atoms with Crippen LogP contribution in [0.4, 0.5) is 0 Å². The van der Waals surface area contributed by atoms with Crippen LogP contribution in [-0.2, 0) is 9.53 Å². The summed E-state index contributed by atoms with van der Waals surface area (Å²) in [5, 5.41) is 18.1. The standard InChI is InChI=1S/C8H15BO4/c1-13-8(10)6-4-2-3-5-7(6)9(11)12/h6-7,11-12H,2-5H2,1H3. The lowest BCUT2D eigenvalue weighted by Gasteiger charge is -2.28. The van der Waals surface area contributed by atoms with Gasteiger partial charge in [-0.2, -0.15) is 0 Å². The lowest BCUT2D eigenvalue weighted by atomic mass is 9.60. The van der Waals surface area contributed by atoms with Crippen molar-refractivity contribution in [2.45, 2.75) is 31.5 Å². The summed E-state index contributed by atoms with van der Waals surface area (Å²) in [6.07, 6.45) is 3.31. The van der Waals surface area contributed by atoms with Crippen molar-refractivity contribution in [3.63, 3.8) is 0 Å². The maximum atomic E-state index is 11.2. The summed E-state index contributed by atoms with van der Waals surface area (Å²) in [7, 11) is -0.0676. The first-order chi connectivity index (χ1) is 6.16. The highest BCUT2D eigenvalue weighted by Crippen LogP contribution is 2.36. The van der Waals surface area contributed by atoms with Crippen LogP contribution in [0.25, 0.3) is 0 Å². The monoisotopic (exact) mass is 186 g/mol. The zero-order chi connectivity index (χ0) is 9.84. The van der Waals surface area contributed by atoms with Crippen LogP contribution in [0.3, 0.4) is 0 Å². The molecule has 2 N–H and O–H groups in total. The van der Waals surface area contributed by atoms with Crippen molar-refractivity contribution in [1.29, 1.82) is 0 Å². The number of hydrogen-bond donors (Lipinski definition) is 2. The minimum absolute atomic E-state index is 0.321. The number of methoxy groups -OCH3 is 1. The number of ether oxygens (including phenoxy) is 1. The Kier molecular flexibility index (Phi) is 3.75. The molecule has 0 aromatic heterocycles. The SMILES string of the molecule is COC(=O)C1CCCCC1B(O)O. The summed E-state index contributed by atoms with van der Waals surface area (Å²) in [5.74, 6) is -1.00. The number of carbonyl (C=O) groups excluding carboxylic acids is 1. The van der Waals surface area contributed by atoms with Crippen LogP contribution in [-0.4, -0.2) is 30.2 Å². The molecule has 0 aromatic rings. The fourth-order valence-electron chi connectivity index (χ4n) is 1.96. The van der Waals surface area contributed by atoms with Crippen molar-refractivity contribution >= 4 is 13.1 Å². The fourth-order valence-corrected chi connectivity index (χ4v) is 1.96. The van der Waals surface area contributed by atoms with Crippen LogP contribution in [0.1, 0.15) is 25.7 Å². The van der Waals surface area contributed by atoms with Gasteiger partial charge in [0, 0.05) is 5.82 Å². The van der Waals surface area contributed by atoms with E-state index >= 15 is 0 Å². The Balaban J connectivity index is 2.61. The molecule has 0 saturated heterocycles. The minimum atomic E-state index is -1.40. The molecule has 0 aromatic carbocycles. The smallest absolute Gasteiger partial charge is 0.455 e. The molecule has 5 heteroatoms. The molecule has 0 heterocycles. The van der Waals surface area contributed by atoms with Crippen LogP contribution in [0.15, 0.2) is 0 Å². The Hall–Kier alpha value is -0.545. The molecule has 2 atom stereocenters. The summed E-state index contributed by atoms with van der Waals surface area (Å²) in [4.78, 5) is 11.2. The summed E-state index contributed by atoms with van der Waals surface area (Å²) in [6, 6.07) is 0. The lowest BCUT2D eigenvalue weighted by Crippen LogP contribution is -2.34. The van der Waals surface area contributed by atoms with Gasteiger partial charge in [0.2, 0.25) is 0 Å². The molecule has 74 valence electrons. The molecule has 0 amide bonds. The van der Waals surface area contributed by atoms with Crippen LogP contribution < -0.4 is 0 Å². The molecule has 4 nitrogen and oxygen atoms in total. The first kappa shape index (κ1) is 10.5. The second-order valence-electron chi connectivity index (χ2n) is 3.49. The van der Waals surface area contributed by atoms with Gasteiger partial charge in [0.1, 0.15) is 0 Å². The Bertz CT molecular complexity index is 183. The Labute approximate surface area is 78.0 Å². The first-order valence-corrected chi connectivity index (χ1v) is 4.60. The molecule has 0 bridgehead atoms. The second kappa shape index (κ2) is 4.62. The van der Waals surface area contributed by atoms with E-state index in [2.05, 4.69) is 4.74 Å². The van der Waals surface area contributed by atoms with Gasteiger partial charge in [-0.3, -0.25) is 4.79 Å². The van der Waals surface area contributed by atoms with Gasteiger partial charge >= 0.3 is 13.1 Å². The molecule has 1 rings (SSSR count). The van der Waals surface area contributed by atoms with Crippen molar-refractivity contribution in [1.82, 2.24) is 0 Å². The number of rotatable bonds is 2. The molecular weight excluding hydrogens is 171 g/mol. The van der Waals surface area contributed by atoms with Gasteiger partial charge < -0.3 is 14.8 Å². The molecule has 2 unspecified atom stereocenters. The molecule has 0 radical (unpaired) electrons. The average Bonchev–Trinajstić information content (AvgIpc) is 2.16. The van der Waals surface area contributed by atoms with E-state index in [9.17, 15) is 4.79 Å². The quantitative estimate of drug-likeness (QED) is 0.477. The maximum absolute atomic E-state index is 11.2. The third-order valence-corrected chi connectivity index (χ3v) is 2.71. The van der Waals surface area contributed by atoms with Gasteiger partial charge in [-0.15, -0.1) is 0 Å². The van der Waals surface area contributed by atoms with Crippen LogP contribution in [0, 0.1) is 5.92 Å². The van der Waals surface area contributed by atoms with E-state index in [-0.39, 0.29) is 17.7 Å². The highest BCUT2D eigenvalue weighted by Gasteiger charge is 2.38. The molecule has 1 aliphatic rings. The molecule has 13 heavy (non-hydrogen) atoms. The summed E-state index contributed by atoms with van der Waals surface area (Å²) in [5.41, 5.74) is 0. The predicted molar refractivity (Wildman–Crippen MR) is 47.9 cm³/mol. The van der Waals surface area contributed by atoms with Crippen molar-refractivity contribution in [3.05, 3.63) is 0 Å². The number of hydrogen-bond acceptors (Lipinski definition) is 4. The van der Waals surface area contributed by atoms with E-state index in [1.54, 1.807) is 0 Å². The third kappa shape index (κ3) is 2.45. The topological polar surface area (TPSA) is 66.8 Å². The van der Waals surface area contributed by atoms with Crippen molar-refractivity contribution in [3.8, 4) is 0 Å². The van der Waals surface area contributed by atoms with Crippen LogP contribution in [0.5, 0.6) is 0 Å². The zero-order valence-corrected chi connectivity index (χ0v) is 7.77. The highest BCUT2D eigenvalue weighted by molar-refractivity contribution is 6.43. The van der Waals surface area contributed by atoms with Crippen molar-refractivity contribution < 1.29 is 19.6 Å². The maximum Gasteiger partial charge on any atom is 0.455 e. The number of carbonyl (C=O) groups is 1. The van der Waals surface area contributed by atoms with Gasteiger partial charge in [0.25, 0.3) is 0 Å². The van der Waals surface area contributed by atoms with Gasteiger partial charge in [0.15, 0.2) is 0 Å². The van der Waals surface area contributed by atoms with Crippen molar-refractivity contribution in [2.75, 3.05) is 7.11 Å². The largest absolute Gasteiger partial charge is 0.469 e. The predicted octanol–water partition coefficient (Wildman–Crippen LogP) is 0.193. The third-order valence-electron chi connectivity index (χ3n) is 2.71. The second-order valence-corrected chi connectivity index (χ2v) is 3.49. The molecule has 0 spiro atoms. The minimum Gasteiger partial charge on any atom is -0.469 e. The van der Waals surface area contributed by atoms with Gasteiger partial charge in [-0.1, -0.05) is 19.3 Å². The number of esters is 1. The average molecular weight is 186 g/mol. The lowest BCUT2D eigenvalue weighted by molar-refractivity contribution is -0.146. The molecule has 1 fully saturated rings. The first-order valence-electron chi connectivity index (χ1n) is 4.60. The van der Waals surface area contributed by atoms with Gasteiger partial charge in [-0.05, 0) is 6.42 Å². The highest BCUT2D eigenvalue weighted by atomic mass is 16.5. The molecule has 1 saturated carbocycles. The van der Waals surface area contributed by atoms with E-state index in [4.69, 9.17) is 10.0 Å². The van der Waals surface area contributed by atoms with Gasteiger partial charge in [0.05, 0.1) is 13.0 Å². The Morgan fingerprint density at radius 2 is 2.00 bits per heavy atom. The van der Waals surface area contributed by atoms with E-state index in [0.717, 1.165) is 12.8 Å². The van der Waals surface area contributed by atoms with E-state index < -0.39 is 7.12 Å². The fraction of sp³-hybridized carbons (Fsp3) is 0.875. The Morgan fingerprint density at radius 1 is 1.38 bits per heavy atom. The summed E-state index contributed by atoms with van der Waals surface area (Å²) < 4.78 is 4.61. The van der Waals surface area contributed by atoms with Crippen molar-refractivity contribution in [2.24, 2.45) is 5.92 Å². The molecular formula is C8H15BO4. The zero-order valence-electron chi connectivity index (χ0n) is 7.77. The van der Waals surface area contributed by atoms with E-state index in [1.165, 1.54) is 7.11 Å². The summed E-state index contributed by atoms with van der Waals surface area (Å²) in [6.45, 7) is 0. The summed E-state index contributed by atoms with van der Waals surface area (Å²) >= 11 is 0. The Morgan fingerprint density at radius 3 is 2.54 bits per heavy atom. The van der Waals surface area contributed by atoms with Crippen LogP contribution in [0.2, 0.25) is 5.82 Å². The molecule has 0 aliphatic heterocycles. The van der Waals surface area contributed by atoms with Crippen LogP contribution >= 0.6 is 0 Å². The normalized spacial score (nSPS) is 28.2.